The summed E-state index contributed by atoms with van der Waals surface area (Å²) in [6.45, 7) is 7.62. The van der Waals surface area contributed by atoms with E-state index < -0.39 is 0 Å². The number of hydrogen-bond donors (Lipinski definition) is 2. The molecule has 0 saturated heterocycles. The maximum atomic E-state index is 11.8. The zero-order valence-corrected chi connectivity index (χ0v) is 12.0. The second kappa shape index (κ2) is 5.44. The normalized spacial score (nSPS) is 13.0. The highest BCUT2D eigenvalue weighted by Gasteiger charge is 2.19. The minimum atomic E-state index is -0.351. The van der Waals surface area contributed by atoms with Gasteiger partial charge in [-0.05, 0) is 43.6 Å². The van der Waals surface area contributed by atoms with Gasteiger partial charge in [-0.3, -0.25) is 4.79 Å². The lowest BCUT2D eigenvalue weighted by molar-refractivity contribution is -0.122. The van der Waals surface area contributed by atoms with Crippen molar-refractivity contribution in [1.82, 2.24) is 15.3 Å². The molecule has 0 radical (unpaired) electrons. The summed E-state index contributed by atoms with van der Waals surface area (Å²) in [5.41, 5.74) is -0.237. The average molecular weight is 301 g/mol. The Labute approximate surface area is 110 Å². The van der Waals surface area contributed by atoms with Crippen LogP contribution in [0.3, 0.4) is 0 Å². The summed E-state index contributed by atoms with van der Waals surface area (Å²) >= 11 is 3.25. The standard InChI is InChI=1S/C11H17BrN4O/c1-7(10(17)16-11(2,3)4)15-9-5-8(12)13-6-14-9/h5-7H,1-4H3,(H,16,17)(H,13,14,15). The molecule has 1 aromatic heterocycles. The second-order valence-corrected chi connectivity index (χ2v) is 5.64. The number of carbonyl (C=O) groups is 1. The molecule has 1 unspecified atom stereocenters. The Balaban J connectivity index is 2.60. The predicted octanol–water partition coefficient (Wildman–Crippen LogP) is 1.95. The molecule has 1 amide bonds. The largest absolute Gasteiger partial charge is 0.358 e. The van der Waals surface area contributed by atoms with Gasteiger partial charge in [-0.1, -0.05) is 0 Å². The van der Waals surface area contributed by atoms with Gasteiger partial charge in [0.1, 0.15) is 22.8 Å². The maximum absolute atomic E-state index is 11.8. The third kappa shape index (κ3) is 5.12. The van der Waals surface area contributed by atoms with E-state index in [-0.39, 0.29) is 17.5 Å². The molecule has 0 aromatic carbocycles. The fourth-order valence-corrected chi connectivity index (χ4v) is 1.49. The van der Waals surface area contributed by atoms with Crippen molar-refractivity contribution in [1.29, 1.82) is 0 Å². The van der Waals surface area contributed by atoms with Crippen LogP contribution >= 0.6 is 15.9 Å². The van der Waals surface area contributed by atoms with Crippen LogP contribution in [0.5, 0.6) is 0 Å². The Morgan fingerprint density at radius 1 is 1.41 bits per heavy atom. The highest BCUT2D eigenvalue weighted by atomic mass is 79.9. The van der Waals surface area contributed by atoms with Gasteiger partial charge in [0, 0.05) is 11.6 Å². The smallest absolute Gasteiger partial charge is 0.242 e. The third-order valence-electron chi connectivity index (χ3n) is 1.89. The Hall–Kier alpha value is -1.17. The zero-order valence-electron chi connectivity index (χ0n) is 10.4. The first-order valence-corrected chi connectivity index (χ1v) is 6.13. The van der Waals surface area contributed by atoms with Crippen LogP contribution in [0.15, 0.2) is 17.0 Å². The minimum Gasteiger partial charge on any atom is -0.358 e. The Morgan fingerprint density at radius 3 is 2.59 bits per heavy atom. The molecule has 0 bridgehead atoms. The Morgan fingerprint density at radius 2 is 2.06 bits per heavy atom. The van der Waals surface area contributed by atoms with Gasteiger partial charge >= 0.3 is 0 Å². The molecule has 1 aromatic rings. The lowest BCUT2D eigenvalue weighted by atomic mass is 10.1. The van der Waals surface area contributed by atoms with Gasteiger partial charge in [-0.25, -0.2) is 9.97 Å². The van der Waals surface area contributed by atoms with Crippen LogP contribution < -0.4 is 10.6 Å². The summed E-state index contributed by atoms with van der Waals surface area (Å²) in [4.78, 5) is 19.8. The highest BCUT2D eigenvalue weighted by molar-refractivity contribution is 9.10. The second-order valence-electron chi connectivity index (χ2n) is 4.83. The van der Waals surface area contributed by atoms with Crippen LogP contribution in [-0.2, 0) is 4.79 Å². The molecule has 0 aliphatic rings. The molecule has 0 fully saturated rings. The van der Waals surface area contributed by atoms with Crippen molar-refractivity contribution in [2.24, 2.45) is 0 Å². The molecule has 0 spiro atoms. The number of carbonyl (C=O) groups excluding carboxylic acids is 1. The van der Waals surface area contributed by atoms with E-state index in [1.54, 1.807) is 13.0 Å². The van der Waals surface area contributed by atoms with Crippen molar-refractivity contribution in [3.63, 3.8) is 0 Å². The van der Waals surface area contributed by atoms with E-state index in [4.69, 9.17) is 0 Å². The van der Waals surface area contributed by atoms with Crippen molar-refractivity contribution < 1.29 is 4.79 Å². The molecule has 17 heavy (non-hydrogen) atoms. The monoisotopic (exact) mass is 300 g/mol. The number of nitrogens with one attached hydrogen (secondary N) is 2. The van der Waals surface area contributed by atoms with Crippen LogP contribution in [0.4, 0.5) is 5.82 Å². The van der Waals surface area contributed by atoms with Crippen molar-refractivity contribution in [3.8, 4) is 0 Å². The third-order valence-corrected chi connectivity index (χ3v) is 2.32. The minimum absolute atomic E-state index is 0.0627. The fourth-order valence-electron chi connectivity index (χ4n) is 1.18. The molecule has 0 aliphatic heterocycles. The SMILES string of the molecule is CC(Nc1cc(Br)ncn1)C(=O)NC(C)(C)C. The molecular formula is C11H17BrN4O. The molecule has 1 atom stereocenters. The summed E-state index contributed by atoms with van der Waals surface area (Å²) in [6, 6.07) is 1.37. The van der Waals surface area contributed by atoms with Crippen molar-refractivity contribution >= 4 is 27.7 Å². The van der Waals surface area contributed by atoms with E-state index in [0.717, 1.165) is 0 Å². The highest BCUT2D eigenvalue weighted by Crippen LogP contribution is 2.10. The van der Waals surface area contributed by atoms with Crippen molar-refractivity contribution in [2.45, 2.75) is 39.3 Å². The van der Waals surface area contributed by atoms with Crippen LogP contribution in [0.25, 0.3) is 0 Å². The molecule has 6 heteroatoms. The number of anilines is 1. The first-order chi connectivity index (χ1) is 7.78. The van der Waals surface area contributed by atoms with Gasteiger partial charge in [-0.2, -0.15) is 0 Å². The van der Waals surface area contributed by atoms with Crippen LogP contribution in [0, 0.1) is 0 Å². The Kier molecular flexibility index (Phi) is 4.45. The van der Waals surface area contributed by atoms with Crippen molar-refractivity contribution in [3.05, 3.63) is 17.0 Å². The fraction of sp³-hybridized carbons (Fsp3) is 0.545. The zero-order chi connectivity index (χ0) is 13.1. The molecule has 0 aliphatic carbocycles. The summed E-state index contributed by atoms with van der Waals surface area (Å²) < 4.78 is 0.679. The summed E-state index contributed by atoms with van der Waals surface area (Å²) in [5.74, 6) is 0.552. The summed E-state index contributed by atoms with van der Waals surface area (Å²) in [5, 5.41) is 5.91. The van der Waals surface area contributed by atoms with Crippen LogP contribution in [0.1, 0.15) is 27.7 Å². The van der Waals surface area contributed by atoms with E-state index in [1.165, 1.54) is 6.33 Å². The van der Waals surface area contributed by atoms with E-state index in [1.807, 2.05) is 20.8 Å². The first kappa shape index (κ1) is 13.9. The lowest BCUT2D eigenvalue weighted by Crippen LogP contribution is -2.47. The van der Waals surface area contributed by atoms with E-state index in [9.17, 15) is 4.79 Å². The number of hydrogen-bond acceptors (Lipinski definition) is 4. The number of halogens is 1. The topological polar surface area (TPSA) is 66.9 Å². The van der Waals surface area contributed by atoms with E-state index in [2.05, 4.69) is 36.5 Å². The van der Waals surface area contributed by atoms with Gasteiger partial charge in [0.2, 0.25) is 5.91 Å². The molecule has 2 N–H and O–H groups in total. The van der Waals surface area contributed by atoms with Gasteiger partial charge < -0.3 is 10.6 Å². The van der Waals surface area contributed by atoms with Gasteiger partial charge in [0.05, 0.1) is 0 Å². The van der Waals surface area contributed by atoms with Crippen molar-refractivity contribution in [2.75, 3.05) is 5.32 Å². The average Bonchev–Trinajstić information content (AvgIpc) is 2.14. The maximum Gasteiger partial charge on any atom is 0.242 e. The lowest BCUT2D eigenvalue weighted by Gasteiger charge is -2.23. The number of amides is 1. The predicted molar refractivity (Wildman–Crippen MR) is 70.7 cm³/mol. The summed E-state index contributed by atoms with van der Waals surface area (Å²) in [6.07, 6.45) is 1.43. The molecule has 5 nitrogen and oxygen atoms in total. The van der Waals surface area contributed by atoms with E-state index >= 15 is 0 Å². The molecule has 1 heterocycles. The first-order valence-electron chi connectivity index (χ1n) is 5.34. The molecule has 1 rings (SSSR count). The van der Waals surface area contributed by atoms with Crippen LogP contribution in [0.2, 0.25) is 0 Å². The number of rotatable bonds is 3. The van der Waals surface area contributed by atoms with Gasteiger partial charge in [0.15, 0.2) is 0 Å². The molecule has 94 valence electrons. The van der Waals surface area contributed by atoms with Crippen LogP contribution in [-0.4, -0.2) is 27.5 Å². The number of aromatic nitrogens is 2. The van der Waals surface area contributed by atoms with E-state index in [0.29, 0.717) is 10.4 Å². The number of nitrogens with zero attached hydrogens (tertiary/aromatic N) is 2. The summed E-state index contributed by atoms with van der Waals surface area (Å²) in [7, 11) is 0. The molecular weight excluding hydrogens is 284 g/mol. The van der Waals surface area contributed by atoms with Gasteiger partial charge in [-0.15, -0.1) is 0 Å². The van der Waals surface area contributed by atoms with Gasteiger partial charge in [0.25, 0.3) is 0 Å². The Bertz CT molecular complexity index is 403. The quantitative estimate of drug-likeness (QED) is 0.838. The molecule has 0 saturated carbocycles.